The zero-order valence-corrected chi connectivity index (χ0v) is 8.55. The number of hydrogen-bond donors (Lipinski definition) is 4. The minimum atomic E-state index is -1.16. The zero-order valence-electron chi connectivity index (χ0n) is 8.55. The van der Waals surface area contributed by atoms with E-state index in [2.05, 4.69) is 5.43 Å². The normalized spacial score (nSPS) is 10.3. The van der Waals surface area contributed by atoms with Crippen LogP contribution in [0.2, 0.25) is 0 Å². The molecule has 0 aliphatic rings. The van der Waals surface area contributed by atoms with Crippen LogP contribution in [0.1, 0.15) is 12.8 Å². The molecule has 0 saturated carbocycles. The Balaban J connectivity index is 3.86. The van der Waals surface area contributed by atoms with Crippen LogP contribution in [0.25, 0.3) is 0 Å². The Hall–Kier alpha value is -1.67. The zero-order chi connectivity index (χ0) is 12.6. The summed E-state index contributed by atoms with van der Waals surface area (Å²) in [5.74, 6) is -3.27. The molecule has 0 aromatic carbocycles. The standard InChI is InChI=1S/C8H14N2O6/c11-6(12)2-1-3-9-10(4-7(13)14)5-8(15)16/h9H,1-5H2,(H,11,12)(H,13,14)(H,15,16). The summed E-state index contributed by atoms with van der Waals surface area (Å²) in [7, 11) is 0. The molecule has 0 unspecified atom stereocenters. The number of hydrogen-bond acceptors (Lipinski definition) is 5. The molecule has 0 radical (unpaired) electrons. The van der Waals surface area contributed by atoms with E-state index in [1.807, 2.05) is 0 Å². The Kier molecular flexibility index (Phi) is 6.81. The van der Waals surface area contributed by atoms with Crippen LogP contribution in [0, 0.1) is 0 Å². The fraction of sp³-hybridized carbons (Fsp3) is 0.625. The van der Waals surface area contributed by atoms with Crippen molar-refractivity contribution in [3.8, 4) is 0 Å². The minimum absolute atomic E-state index is 0.0546. The second-order valence-corrected chi connectivity index (χ2v) is 3.05. The fourth-order valence-electron chi connectivity index (χ4n) is 0.971. The van der Waals surface area contributed by atoms with Crippen molar-refractivity contribution in [1.82, 2.24) is 10.4 Å². The predicted octanol–water partition coefficient (Wildman–Crippen LogP) is -1.17. The van der Waals surface area contributed by atoms with Crippen LogP contribution in [0.15, 0.2) is 0 Å². The van der Waals surface area contributed by atoms with Crippen molar-refractivity contribution < 1.29 is 29.7 Å². The maximum Gasteiger partial charge on any atom is 0.319 e. The molecule has 16 heavy (non-hydrogen) atoms. The minimum Gasteiger partial charge on any atom is -0.481 e. The number of nitrogens with one attached hydrogen (secondary N) is 1. The van der Waals surface area contributed by atoms with Gasteiger partial charge in [-0.25, -0.2) is 5.01 Å². The van der Waals surface area contributed by atoms with E-state index in [1.54, 1.807) is 0 Å². The van der Waals surface area contributed by atoms with Crippen LogP contribution in [0.5, 0.6) is 0 Å². The highest BCUT2D eigenvalue weighted by Gasteiger charge is 2.12. The van der Waals surface area contributed by atoms with E-state index in [-0.39, 0.29) is 13.0 Å². The van der Waals surface area contributed by atoms with Gasteiger partial charge in [-0.3, -0.25) is 19.8 Å². The van der Waals surface area contributed by atoms with Gasteiger partial charge in [0.1, 0.15) is 13.1 Å². The largest absolute Gasteiger partial charge is 0.481 e. The summed E-state index contributed by atoms with van der Waals surface area (Å²) in [6.07, 6.45) is 0.242. The average molecular weight is 234 g/mol. The molecule has 0 saturated heterocycles. The van der Waals surface area contributed by atoms with E-state index in [9.17, 15) is 14.4 Å². The van der Waals surface area contributed by atoms with E-state index in [1.165, 1.54) is 0 Å². The predicted molar refractivity (Wildman–Crippen MR) is 51.7 cm³/mol. The first kappa shape index (κ1) is 14.3. The summed E-state index contributed by atoms with van der Waals surface area (Å²) in [6, 6.07) is 0. The molecular formula is C8H14N2O6. The maximum atomic E-state index is 10.4. The molecule has 92 valence electrons. The van der Waals surface area contributed by atoms with E-state index in [4.69, 9.17) is 15.3 Å². The van der Waals surface area contributed by atoms with Crippen molar-refractivity contribution in [1.29, 1.82) is 0 Å². The van der Waals surface area contributed by atoms with Crippen LogP contribution in [0.4, 0.5) is 0 Å². The van der Waals surface area contributed by atoms with Gasteiger partial charge >= 0.3 is 17.9 Å². The van der Waals surface area contributed by atoms with Gasteiger partial charge in [0.15, 0.2) is 0 Å². The van der Waals surface area contributed by atoms with Crippen molar-refractivity contribution in [2.45, 2.75) is 12.8 Å². The van der Waals surface area contributed by atoms with Gasteiger partial charge in [0.25, 0.3) is 0 Å². The van der Waals surface area contributed by atoms with Gasteiger partial charge in [0.2, 0.25) is 0 Å². The van der Waals surface area contributed by atoms with Gasteiger partial charge < -0.3 is 15.3 Å². The van der Waals surface area contributed by atoms with E-state index >= 15 is 0 Å². The quantitative estimate of drug-likeness (QED) is 0.290. The third-order valence-electron chi connectivity index (χ3n) is 1.56. The Bertz CT molecular complexity index is 251. The number of carbonyl (C=O) groups is 3. The molecule has 8 nitrogen and oxygen atoms in total. The highest BCUT2D eigenvalue weighted by molar-refractivity contribution is 5.72. The Labute approximate surface area is 91.4 Å². The summed E-state index contributed by atoms with van der Waals surface area (Å²) in [4.78, 5) is 30.9. The second kappa shape index (κ2) is 7.60. The maximum absolute atomic E-state index is 10.4. The van der Waals surface area contributed by atoms with Crippen molar-refractivity contribution in [3.05, 3.63) is 0 Å². The first-order chi connectivity index (χ1) is 7.41. The summed E-state index contributed by atoms with van der Waals surface area (Å²) in [5.41, 5.74) is 2.55. The monoisotopic (exact) mass is 234 g/mol. The van der Waals surface area contributed by atoms with Crippen molar-refractivity contribution in [2.24, 2.45) is 0 Å². The number of rotatable bonds is 9. The molecule has 0 aromatic rings. The number of aliphatic carboxylic acids is 3. The number of carboxylic acids is 3. The van der Waals surface area contributed by atoms with Crippen molar-refractivity contribution in [2.75, 3.05) is 19.6 Å². The van der Waals surface area contributed by atoms with Crippen LogP contribution in [-0.4, -0.2) is 57.9 Å². The molecule has 0 spiro atoms. The molecule has 0 heterocycles. The van der Waals surface area contributed by atoms with Gasteiger partial charge in [0, 0.05) is 13.0 Å². The lowest BCUT2D eigenvalue weighted by atomic mass is 10.3. The molecule has 0 aliphatic carbocycles. The molecule has 8 heteroatoms. The van der Waals surface area contributed by atoms with Gasteiger partial charge in [0.05, 0.1) is 0 Å². The van der Waals surface area contributed by atoms with Gasteiger partial charge in [-0.2, -0.15) is 0 Å². The summed E-state index contributed by atoms with van der Waals surface area (Å²) < 4.78 is 0. The lowest BCUT2D eigenvalue weighted by Crippen LogP contribution is -2.45. The highest BCUT2D eigenvalue weighted by atomic mass is 16.4. The highest BCUT2D eigenvalue weighted by Crippen LogP contribution is 1.89. The average Bonchev–Trinajstić information content (AvgIpc) is 2.09. The Morgan fingerprint density at radius 3 is 1.81 bits per heavy atom. The van der Waals surface area contributed by atoms with E-state index < -0.39 is 31.0 Å². The molecule has 0 aliphatic heterocycles. The molecule has 0 fully saturated rings. The summed E-state index contributed by atoms with van der Waals surface area (Å²) in [5, 5.41) is 26.3. The third kappa shape index (κ3) is 8.91. The first-order valence-corrected chi connectivity index (χ1v) is 4.55. The topological polar surface area (TPSA) is 127 Å². The molecule has 0 aromatic heterocycles. The number of nitrogens with zero attached hydrogens (tertiary/aromatic N) is 1. The molecule has 4 N–H and O–H groups in total. The van der Waals surface area contributed by atoms with Gasteiger partial charge in [-0.05, 0) is 6.42 Å². The van der Waals surface area contributed by atoms with E-state index in [0.29, 0.717) is 6.42 Å². The van der Waals surface area contributed by atoms with E-state index in [0.717, 1.165) is 5.01 Å². The second-order valence-electron chi connectivity index (χ2n) is 3.05. The van der Waals surface area contributed by atoms with Gasteiger partial charge in [-0.1, -0.05) is 0 Å². The van der Waals surface area contributed by atoms with Crippen molar-refractivity contribution >= 4 is 17.9 Å². The lowest BCUT2D eigenvalue weighted by Gasteiger charge is -2.18. The van der Waals surface area contributed by atoms with Gasteiger partial charge in [-0.15, -0.1) is 0 Å². The molecule has 0 amide bonds. The fourth-order valence-corrected chi connectivity index (χ4v) is 0.971. The summed E-state index contributed by atoms with van der Waals surface area (Å²) >= 11 is 0. The number of hydrazine groups is 1. The summed E-state index contributed by atoms with van der Waals surface area (Å²) in [6.45, 7) is -0.703. The van der Waals surface area contributed by atoms with Crippen LogP contribution < -0.4 is 5.43 Å². The number of carboxylic acid groups (broad SMARTS) is 3. The first-order valence-electron chi connectivity index (χ1n) is 4.55. The molecule has 0 atom stereocenters. The molecule has 0 bridgehead atoms. The lowest BCUT2D eigenvalue weighted by molar-refractivity contribution is -0.143. The Morgan fingerprint density at radius 2 is 1.44 bits per heavy atom. The van der Waals surface area contributed by atoms with Crippen LogP contribution in [-0.2, 0) is 14.4 Å². The SMILES string of the molecule is O=C(O)CCCNN(CC(=O)O)CC(=O)O. The smallest absolute Gasteiger partial charge is 0.319 e. The van der Waals surface area contributed by atoms with Crippen LogP contribution >= 0.6 is 0 Å². The molecule has 0 rings (SSSR count). The molecular weight excluding hydrogens is 220 g/mol. The van der Waals surface area contributed by atoms with Crippen LogP contribution in [0.3, 0.4) is 0 Å². The van der Waals surface area contributed by atoms with Crippen molar-refractivity contribution in [3.63, 3.8) is 0 Å². The third-order valence-corrected chi connectivity index (χ3v) is 1.56. The Morgan fingerprint density at radius 1 is 0.938 bits per heavy atom.